The van der Waals surface area contributed by atoms with Gasteiger partial charge in [-0.1, -0.05) is 38.1 Å². The zero-order chi connectivity index (χ0) is 16.7. The summed E-state index contributed by atoms with van der Waals surface area (Å²) >= 11 is 0. The van der Waals surface area contributed by atoms with Crippen LogP contribution in [0.4, 0.5) is 5.69 Å². The molecule has 0 atom stereocenters. The molecule has 2 aromatic rings. The van der Waals surface area contributed by atoms with E-state index in [0.29, 0.717) is 41.9 Å². The van der Waals surface area contributed by atoms with E-state index in [4.69, 9.17) is 9.47 Å². The van der Waals surface area contributed by atoms with Crippen molar-refractivity contribution in [3.05, 3.63) is 54.1 Å². The van der Waals surface area contributed by atoms with Crippen LogP contribution in [0.5, 0.6) is 11.5 Å². The number of carbonyl (C=O) groups excluding carboxylic acids is 1. The number of nitrogens with one attached hydrogen (secondary N) is 1. The zero-order valence-corrected chi connectivity index (χ0v) is 13.8. The minimum atomic E-state index is -0.213. The average Bonchev–Trinajstić information content (AvgIpc) is 2.54. The predicted molar refractivity (Wildman–Crippen MR) is 92.3 cm³/mol. The second-order valence-electron chi connectivity index (χ2n) is 5.58. The number of hydrogen-bond donors (Lipinski definition) is 1. The number of para-hydroxylation sites is 3. The molecule has 0 saturated carbocycles. The van der Waals surface area contributed by atoms with Crippen molar-refractivity contribution in [3.8, 4) is 11.5 Å². The van der Waals surface area contributed by atoms with Gasteiger partial charge in [-0.3, -0.25) is 4.79 Å². The van der Waals surface area contributed by atoms with Gasteiger partial charge in [-0.25, -0.2) is 0 Å². The van der Waals surface area contributed by atoms with E-state index in [1.165, 1.54) is 0 Å². The fourth-order valence-electron chi connectivity index (χ4n) is 2.08. The molecular weight excluding hydrogens is 290 g/mol. The van der Waals surface area contributed by atoms with E-state index >= 15 is 0 Å². The number of amides is 1. The summed E-state index contributed by atoms with van der Waals surface area (Å²) in [4.78, 5) is 12.6. The third-order valence-corrected chi connectivity index (χ3v) is 3.14. The quantitative estimate of drug-likeness (QED) is 0.825. The lowest BCUT2D eigenvalue weighted by molar-refractivity contribution is 0.102. The Bertz CT molecular complexity index is 653. The lowest BCUT2D eigenvalue weighted by atomic mass is 10.1. The van der Waals surface area contributed by atoms with E-state index < -0.39 is 0 Å². The highest BCUT2D eigenvalue weighted by molar-refractivity contribution is 6.06. The normalized spacial score (nSPS) is 10.4. The molecule has 0 heterocycles. The Labute approximate surface area is 137 Å². The van der Waals surface area contributed by atoms with Gasteiger partial charge in [-0.2, -0.15) is 0 Å². The molecule has 0 aliphatic rings. The van der Waals surface area contributed by atoms with Crippen molar-refractivity contribution < 1.29 is 14.3 Å². The lowest BCUT2D eigenvalue weighted by Gasteiger charge is -2.15. The highest BCUT2D eigenvalue weighted by Crippen LogP contribution is 2.26. The van der Waals surface area contributed by atoms with E-state index in [9.17, 15) is 4.79 Å². The van der Waals surface area contributed by atoms with Crippen LogP contribution in [-0.2, 0) is 0 Å². The second kappa shape index (κ2) is 8.22. The first-order chi connectivity index (χ1) is 11.1. The summed E-state index contributed by atoms with van der Waals surface area (Å²) in [5.41, 5.74) is 1.16. The molecule has 1 amide bonds. The molecule has 23 heavy (non-hydrogen) atoms. The first-order valence-corrected chi connectivity index (χ1v) is 7.86. The van der Waals surface area contributed by atoms with Crippen molar-refractivity contribution in [3.63, 3.8) is 0 Å². The van der Waals surface area contributed by atoms with E-state index in [2.05, 4.69) is 19.2 Å². The smallest absolute Gasteiger partial charge is 0.259 e. The molecule has 0 saturated heterocycles. The molecule has 0 aliphatic heterocycles. The van der Waals surface area contributed by atoms with Crippen LogP contribution < -0.4 is 14.8 Å². The number of carbonyl (C=O) groups is 1. The summed E-state index contributed by atoms with van der Waals surface area (Å²) in [5, 5.41) is 2.91. The van der Waals surface area contributed by atoms with Crippen LogP contribution in [0.1, 0.15) is 31.1 Å². The van der Waals surface area contributed by atoms with Gasteiger partial charge in [0.25, 0.3) is 5.91 Å². The first kappa shape index (κ1) is 16.9. The summed E-state index contributed by atoms with van der Waals surface area (Å²) in [6.07, 6.45) is 0. The minimum Gasteiger partial charge on any atom is -0.493 e. The maximum atomic E-state index is 12.6. The molecule has 2 aromatic carbocycles. The third kappa shape index (κ3) is 4.74. The summed E-state index contributed by atoms with van der Waals surface area (Å²) < 4.78 is 11.3. The number of benzene rings is 2. The molecule has 0 aromatic heterocycles. The Hall–Kier alpha value is -2.49. The van der Waals surface area contributed by atoms with Crippen LogP contribution in [-0.4, -0.2) is 19.1 Å². The summed E-state index contributed by atoms with van der Waals surface area (Å²) in [7, 11) is 0. The topological polar surface area (TPSA) is 47.6 Å². The fourth-order valence-corrected chi connectivity index (χ4v) is 2.08. The number of ether oxygens (including phenoxy) is 2. The van der Waals surface area contributed by atoms with Crippen molar-refractivity contribution in [1.82, 2.24) is 0 Å². The van der Waals surface area contributed by atoms with Gasteiger partial charge in [0, 0.05) is 0 Å². The maximum absolute atomic E-state index is 12.6. The molecule has 2 rings (SSSR count). The van der Waals surface area contributed by atoms with Gasteiger partial charge in [0.2, 0.25) is 0 Å². The fraction of sp³-hybridized carbons (Fsp3) is 0.316. The standard InChI is InChI=1S/C19H23NO3/c1-4-22-17-11-7-5-9-15(17)19(21)20-16-10-6-8-12-18(16)23-13-14(2)3/h5-12,14H,4,13H2,1-3H3,(H,20,21). The molecular formula is C19H23NO3. The number of rotatable bonds is 7. The van der Waals surface area contributed by atoms with Gasteiger partial charge < -0.3 is 14.8 Å². The molecule has 4 nitrogen and oxygen atoms in total. The van der Waals surface area contributed by atoms with E-state index in [-0.39, 0.29) is 5.91 Å². The highest BCUT2D eigenvalue weighted by Gasteiger charge is 2.14. The van der Waals surface area contributed by atoms with Crippen molar-refractivity contribution in [2.75, 3.05) is 18.5 Å². The first-order valence-electron chi connectivity index (χ1n) is 7.86. The van der Waals surface area contributed by atoms with E-state index in [1.54, 1.807) is 12.1 Å². The van der Waals surface area contributed by atoms with Crippen molar-refractivity contribution >= 4 is 11.6 Å². The largest absolute Gasteiger partial charge is 0.493 e. The summed E-state index contributed by atoms with van der Waals surface area (Å²) in [5.74, 6) is 1.45. The van der Waals surface area contributed by atoms with Gasteiger partial charge in [0.15, 0.2) is 0 Å². The molecule has 0 bridgehead atoms. The SMILES string of the molecule is CCOc1ccccc1C(=O)Nc1ccccc1OCC(C)C. The Morgan fingerprint density at radius 2 is 1.65 bits per heavy atom. The van der Waals surface area contributed by atoms with Crippen molar-refractivity contribution in [1.29, 1.82) is 0 Å². The average molecular weight is 313 g/mol. The lowest BCUT2D eigenvalue weighted by Crippen LogP contribution is -2.15. The van der Waals surface area contributed by atoms with Crippen LogP contribution in [0, 0.1) is 5.92 Å². The van der Waals surface area contributed by atoms with Crippen molar-refractivity contribution in [2.45, 2.75) is 20.8 Å². The van der Waals surface area contributed by atoms with Crippen LogP contribution >= 0.6 is 0 Å². The highest BCUT2D eigenvalue weighted by atomic mass is 16.5. The van der Waals surface area contributed by atoms with Crippen LogP contribution in [0.3, 0.4) is 0 Å². The van der Waals surface area contributed by atoms with Gasteiger partial charge in [0.1, 0.15) is 11.5 Å². The van der Waals surface area contributed by atoms with Crippen LogP contribution in [0.2, 0.25) is 0 Å². The molecule has 4 heteroatoms. The third-order valence-electron chi connectivity index (χ3n) is 3.14. The van der Waals surface area contributed by atoms with E-state index in [0.717, 1.165) is 0 Å². The zero-order valence-electron chi connectivity index (χ0n) is 13.8. The Balaban J connectivity index is 2.17. The number of hydrogen-bond acceptors (Lipinski definition) is 3. The molecule has 0 radical (unpaired) electrons. The Morgan fingerprint density at radius 3 is 2.35 bits per heavy atom. The van der Waals surface area contributed by atoms with Crippen LogP contribution in [0.15, 0.2) is 48.5 Å². The molecule has 0 spiro atoms. The monoisotopic (exact) mass is 313 g/mol. The van der Waals surface area contributed by atoms with Gasteiger partial charge in [-0.05, 0) is 37.1 Å². The molecule has 1 N–H and O–H groups in total. The maximum Gasteiger partial charge on any atom is 0.259 e. The van der Waals surface area contributed by atoms with Crippen molar-refractivity contribution in [2.24, 2.45) is 5.92 Å². The summed E-state index contributed by atoms with van der Waals surface area (Å²) in [6, 6.07) is 14.6. The van der Waals surface area contributed by atoms with E-state index in [1.807, 2.05) is 43.3 Å². The van der Waals surface area contributed by atoms with Gasteiger partial charge >= 0.3 is 0 Å². The Morgan fingerprint density at radius 1 is 1.00 bits per heavy atom. The number of anilines is 1. The molecule has 0 aliphatic carbocycles. The second-order valence-corrected chi connectivity index (χ2v) is 5.58. The molecule has 0 unspecified atom stereocenters. The molecule has 122 valence electrons. The van der Waals surface area contributed by atoms with Crippen LogP contribution in [0.25, 0.3) is 0 Å². The minimum absolute atomic E-state index is 0.213. The van der Waals surface area contributed by atoms with Gasteiger partial charge in [-0.15, -0.1) is 0 Å². The Kier molecular flexibility index (Phi) is 6.03. The summed E-state index contributed by atoms with van der Waals surface area (Å²) in [6.45, 7) is 7.17. The van der Waals surface area contributed by atoms with Gasteiger partial charge in [0.05, 0.1) is 24.5 Å². The molecule has 0 fully saturated rings. The predicted octanol–water partition coefficient (Wildman–Crippen LogP) is 4.37.